The van der Waals surface area contributed by atoms with Gasteiger partial charge in [0.25, 0.3) is 5.56 Å². The summed E-state index contributed by atoms with van der Waals surface area (Å²) in [6.07, 6.45) is -4.78. The van der Waals surface area contributed by atoms with Gasteiger partial charge in [-0.15, -0.1) is 0 Å². The first-order chi connectivity index (χ1) is 8.39. The molecule has 18 heavy (non-hydrogen) atoms. The van der Waals surface area contributed by atoms with Crippen molar-refractivity contribution in [2.24, 2.45) is 0 Å². The third kappa shape index (κ3) is 2.24. The zero-order chi connectivity index (χ0) is 13.3. The van der Waals surface area contributed by atoms with Crippen LogP contribution in [-0.4, -0.2) is 10.2 Å². The Morgan fingerprint density at radius 3 is 2.39 bits per heavy atom. The number of rotatable bonds is 1. The number of H-pyrrole nitrogens is 1. The van der Waals surface area contributed by atoms with Crippen LogP contribution in [-0.2, 0) is 6.18 Å². The van der Waals surface area contributed by atoms with Gasteiger partial charge in [0.1, 0.15) is 5.82 Å². The lowest BCUT2D eigenvalue weighted by Crippen LogP contribution is -2.10. The van der Waals surface area contributed by atoms with Crippen LogP contribution in [0.2, 0.25) is 0 Å². The average Bonchev–Trinajstić information content (AvgIpc) is 2.29. The number of benzene rings is 1. The van der Waals surface area contributed by atoms with Crippen LogP contribution in [0.3, 0.4) is 0 Å². The van der Waals surface area contributed by atoms with Crippen molar-refractivity contribution in [2.75, 3.05) is 0 Å². The molecule has 0 aliphatic rings. The number of alkyl halides is 3. The Kier molecular flexibility index (Phi) is 2.90. The van der Waals surface area contributed by atoms with Crippen molar-refractivity contribution in [2.45, 2.75) is 6.18 Å². The second-order valence-electron chi connectivity index (χ2n) is 3.47. The molecule has 0 saturated carbocycles. The third-order valence-electron chi connectivity index (χ3n) is 2.26. The van der Waals surface area contributed by atoms with E-state index >= 15 is 0 Å². The summed E-state index contributed by atoms with van der Waals surface area (Å²) in [5.41, 5.74) is -2.28. The molecule has 0 amide bonds. The van der Waals surface area contributed by atoms with E-state index in [1.54, 1.807) is 0 Å². The number of hydrogen-bond acceptors (Lipinski definition) is 2. The molecule has 1 N–H and O–H groups in total. The Morgan fingerprint density at radius 2 is 1.83 bits per heavy atom. The van der Waals surface area contributed by atoms with Gasteiger partial charge >= 0.3 is 6.18 Å². The molecule has 0 atom stereocenters. The molecule has 2 aromatic rings. The average molecular weight is 258 g/mol. The molecule has 3 nitrogen and oxygen atoms in total. The van der Waals surface area contributed by atoms with Gasteiger partial charge in [-0.2, -0.15) is 18.3 Å². The van der Waals surface area contributed by atoms with Gasteiger partial charge in [-0.3, -0.25) is 4.79 Å². The topological polar surface area (TPSA) is 45.8 Å². The summed E-state index contributed by atoms with van der Waals surface area (Å²) >= 11 is 0. The molecular formula is C11H6F4N2O. The summed E-state index contributed by atoms with van der Waals surface area (Å²) in [5, 5.41) is 5.52. The van der Waals surface area contributed by atoms with Gasteiger partial charge in [-0.25, -0.2) is 9.49 Å². The van der Waals surface area contributed by atoms with Crippen molar-refractivity contribution in [1.82, 2.24) is 10.2 Å². The van der Waals surface area contributed by atoms with E-state index in [1.807, 2.05) is 5.10 Å². The SMILES string of the molecule is O=c1ccc(-c2cccc(C(F)(F)F)c2F)n[nH]1. The van der Waals surface area contributed by atoms with E-state index in [2.05, 4.69) is 5.10 Å². The van der Waals surface area contributed by atoms with Crippen molar-refractivity contribution in [1.29, 1.82) is 0 Å². The smallest absolute Gasteiger partial charge is 0.268 e. The number of aromatic amines is 1. The zero-order valence-electron chi connectivity index (χ0n) is 8.75. The van der Waals surface area contributed by atoms with E-state index in [0.29, 0.717) is 6.07 Å². The zero-order valence-corrected chi connectivity index (χ0v) is 8.75. The van der Waals surface area contributed by atoms with E-state index in [4.69, 9.17) is 0 Å². The van der Waals surface area contributed by atoms with Crippen LogP contribution in [0, 0.1) is 5.82 Å². The standard InChI is InChI=1S/C11H6F4N2O/c12-10-6(8-4-5-9(18)17-16-8)2-1-3-7(10)11(13,14)15/h1-5H,(H,17,18). The first-order valence-corrected chi connectivity index (χ1v) is 4.81. The van der Waals surface area contributed by atoms with Crippen molar-refractivity contribution in [3.63, 3.8) is 0 Å². The maximum absolute atomic E-state index is 13.7. The van der Waals surface area contributed by atoms with Crippen LogP contribution in [0.5, 0.6) is 0 Å². The molecule has 94 valence electrons. The van der Waals surface area contributed by atoms with Crippen LogP contribution in [0.15, 0.2) is 35.1 Å². The van der Waals surface area contributed by atoms with Gasteiger partial charge in [0.15, 0.2) is 0 Å². The Bertz CT molecular complexity index is 613. The molecule has 0 aliphatic carbocycles. The fourth-order valence-corrected chi connectivity index (χ4v) is 1.44. The van der Waals surface area contributed by atoms with Gasteiger partial charge in [-0.1, -0.05) is 6.07 Å². The lowest BCUT2D eigenvalue weighted by atomic mass is 10.1. The molecule has 0 aliphatic heterocycles. The minimum Gasteiger partial charge on any atom is -0.268 e. The molecule has 0 fully saturated rings. The first-order valence-electron chi connectivity index (χ1n) is 4.81. The predicted octanol–water partition coefficient (Wildman–Crippen LogP) is 2.59. The highest BCUT2D eigenvalue weighted by molar-refractivity contribution is 5.60. The first kappa shape index (κ1) is 12.3. The molecule has 7 heteroatoms. The quantitative estimate of drug-likeness (QED) is 0.799. The maximum atomic E-state index is 13.7. The normalized spacial score (nSPS) is 11.6. The highest BCUT2D eigenvalue weighted by atomic mass is 19.4. The summed E-state index contributed by atoms with van der Waals surface area (Å²) in [4.78, 5) is 10.8. The van der Waals surface area contributed by atoms with Gasteiger partial charge < -0.3 is 0 Å². The van der Waals surface area contributed by atoms with Crippen LogP contribution in [0.25, 0.3) is 11.3 Å². The van der Waals surface area contributed by atoms with Crippen molar-refractivity contribution in [3.8, 4) is 11.3 Å². The van der Waals surface area contributed by atoms with E-state index in [0.717, 1.165) is 24.3 Å². The summed E-state index contributed by atoms with van der Waals surface area (Å²) in [5.74, 6) is -1.41. The molecular weight excluding hydrogens is 252 g/mol. The largest absolute Gasteiger partial charge is 0.419 e. The molecule has 1 heterocycles. The Morgan fingerprint density at radius 1 is 1.11 bits per heavy atom. The minimum atomic E-state index is -4.78. The monoisotopic (exact) mass is 258 g/mol. The number of hydrogen-bond donors (Lipinski definition) is 1. The molecule has 0 spiro atoms. The lowest BCUT2D eigenvalue weighted by molar-refractivity contribution is -0.139. The number of aromatic nitrogens is 2. The Hall–Kier alpha value is -2.18. The molecule has 0 bridgehead atoms. The maximum Gasteiger partial charge on any atom is 0.419 e. The van der Waals surface area contributed by atoms with E-state index < -0.39 is 23.1 Å². The summed E-state index contributed by atoms with van der Waals surface area (Å²) in [7, 11) is 0. The predicted molar refractivity (Wildman–Crippen MR) is 55.3 cm³/mol. The molecule has 0 unspecified atom stereocenters. The van der Waals surface area contributed by atoms with Crippen molar-refractivity contribution in [3.05, 3.63) is 52.1 Å². The third-order valence-corrected chi connectivity index (χ3v) is 2.26. The van der Waals surface area contributed by atoms with Crippen LogP contribution in [0.1, 0.15) is 5.56 Å². The van der Waals surface area contributed by atoms with Crippen molar-refractivity contribution < 1.29 is 17.6 Å². The summed E-state index contributed by atoms with van der Waals surface area (Å²) in [6.45, 7) is 0. The fourth-order valence-electron chi connectivity index (χ4n) is 1.44. The Balaban J connectivity index is 2.59. The number of halogens is 4. The molecule has 1 aromatic carbocycles. The van der Waals surface area contributed by atoms with E-state index in [-0.39, 0.29) is 11.3 Å². The van der Waals surface area contributed by atoms with Gasteiger partial charge in [0.2, 0.25) is 0 Å². The number of nitrogens with zero attached hydrogens (tertiary/aromatic N) is 1. The second-order valence-corrected chi connectivity index (χ2v) is 3.47. The van der Waals surface area contributed by atoms with Crippen molar-refractivity contribution >= 4 is 0 Å². The van der Waals surface area contributed by atoms with Crippen LogP contribution < -0.4 is 5.56 Å². The van der Waals surface area contributed by atoms with Gasteiger partial charge in [-0.05, 0) is 18.2 Å². The fraction of sp³-hybridized carbons (Fsp3) is 0.0909. The second kappa shape index (κ2) is 4.25. The highest BCUT2D eigenvalue weighted by Crippen LogP contribution is 2.34. The van der Waals surface area contributed by atoms with Gasteiger partial charge in [0.05, 0.1) is 11.3 Å². The summed E-state index contributed by atoms with van der Waals surface area (Å²) in [6, 6.07) is 5.09. The number of nitrogens with one attached hydrogen (secondary N) is 1. The summed E-state index contributed by atoms with van der Waals surface area (Å²) < 4.78 is 51.2. The molecule has 0 saturated heterocycles. The van der Waals surface area contributed by atoms with Crippen LogP contribution >= 0.6 is 0 Å². The highest BCUT2D eigenvalue weighted by Gasteiger charge is 2.35. The molecule has 1 aromatic heterocycles. The molecule has 2 rings (SSSR count). The van der Waals surface area contributed by atoms with E-state index in [1.165, 1.54) is 0 Å². The Labute approximate surface area is 98.1 Å². The minimum absolute atomic E-state index is 0.0711. The lowest BCUT2D eigenvalue weighted by Gasteiger charge is -2.10. The molecule has 0 radical (unpaired) electrons. The van der Waals surface area contributed by atoms with Crippen LogP contribution in [0.4, 0.5) is 17.6 Å². The van der Waals surface area contributed by atoms with E-state index in [9.17, 15) is 22.4 Å². The van der Waals surface area contributed by atoms with Gasteiger partial charge in [0, 0.05) is 11.6 Å².